The molecule has 1 aromatic heterocycles. The van der Waals surface area contributed by atoms with Crippen LogP contribution in [-0.2, 0) is 11.3 Å². The number of likely N-dealkylation sites (tertiary alicyclic amines) is 1. The van der Waals surface area contributed by atoms with E-state index in [4.69, 9.17) is 0 Å². The number of piperidine rings is 1. The van der Waals surface area contributed by atoms with Crippen LogP contribution in [0.1, 0.15) is 25.6 Å². The van der Waals surface area contributed by atoms with E-state index in [1.54, 1.807) is 19.3 Å². The highest BCUT2D eigenvalue weighted by atomic mass is 16.1. The van der Waals surface area contributed by atoms with Gasteiger partial charge in [-0.15, -0.1) is 0 Å². The molecule has 1 fully saturated rings. The van der Waals surface area contributed by atoms with Crippen molar-refractivity contribution in [3.63, 3.8) is 0 Å². The summed E-state index contributed by atoms with van der Waals surface area (Å²) in [7, 11) is 0. The largest absolute Gasteiger partial charge is 0.300 e. The highest BCUT2D eigenvalue weighted by Crippen LogP contribution is 2.18. The molecule has 1 aromatic rings. The molecule has 1 unspecified atom stereocenters. The van der Waals surface area contributed by atoms with Gasteiger partial charge in [0.05, 0.1) is 6.54 Å². The molecule has 0 aromatic carbocycles. The molecule has 0 saturated carbocycles. The average Bonchev–Trinajstić information content (AvgIpc) is 2.30. The summed E-state index contributed by atoms with van der Waals surface area (Å²) >= 11 is 0. The molecule has 0 amide bonds. The predicted molar refractivity (Wildman–Crippen MR) is 60.7 cm³/mol. The average molecular weight is 219 g/mol. The van der Waals surface area contributed by atoms with Crippen molar-refractivity contribution < 1.29 is 4.79 Å². The topological polar surface area (TPSA) is 46.1 Å². The van der Waals surface area contributed by atoms with Crippen LogP contribution in [0.25, 0.3) is 0 Å². The zero-order valence-corrected chi connectivity index (χ0v) is 9.59. The molecule has 4 nitrogen and oxygen atoms in total. The van der Waals surface area contributed by atoms with E-state index >= 15 is 0 Å². The van der Waals surface area contributed by atoms with Crippen LogP contribution in [0, 0.1) is 5.92 Å². The molecule has 16 heavy (non-hydrogen) atoms. The van der Waals surface area contributed by atoms with Gasteiger partial charge in [0.15, 0.2) is 0 Å². The van der Waals surface area contributed by atoms with Crippen LogP contribution < -0.4 is 0 Å². The first kappa shape index (κ1) is 11.2. The third-order valence-corrected chi connectivity index (χ3v) is 3.06. The molecule has 86 valence electrons. The molecule has 0 N–H and O–H groups in total. The Bertz CT molecular complexity index is 353. The summed E-state index contributed by atoms with van der Waals surface area (Å²) in [6.45, 7) is 4.34. The van der Waals surface area contributed by atoms with Gasteiger partial charge in [-0.1, -0.05) is 0 Å². The lowest BCUT2D eigenvalue weighted by Crippen LogP contribution is -2.37. The number of aromatic nitrogens is 2. The minimum absolute atomic E-state index is 0.206. The third-order valence-electron chi connectivity index (χ3n) is 3.06. The first-order valence-electron chi connectivity index (χ1n) is 5.74. The van der Waals surface area contributed by atoms with Crippen molar-refractivity contribution in [2.24, 2.45) is 5.92 Å². The summed E-state index contributed by atoms with van der Waals surface area (Å²) < 4.78 is 0. The first-order chi connectivity index (χ1) is 7.75. The lowest BCUT2D eigenvalue weighted by atomic mass is 9.95. The second kappa shape index (κ2) is 5.16. The Balaban J connectivity index is 1.93. The van der Waals surface area contributed by atoms with Crippen LogP contribution in [0.5, 0.6) is 0 Å². The summed E-state index contributed by atoms with van der Waals surface area (Å²) in [5.41, 5.74) is 0. The van der Waals surface area contributed by atoms with Crippen LogP contribution in [-0.4, -0.2) is 33.7 Å². The maximum atomic E-state index is 11.3. The van der Waals surface area contributed by atoms with E-state index in [0.717, 1.165) is 38.3 Å². The fourth-order valence-electron chi connectivity index (χ4n) is 2.14. The van der Waals surface area contributed by atoms with Gasteiger partial charge in [-0.25, -0.2) is 9.97 Å². The molecule has 1 aliphatic heterocycles. The molecule has 0 spiro atoms. The smallest absolute Gasteiger partial charge is 0.142 e. The number of rotatable bonds is 3. The third kappa shape index (κ3) is 2.85. The minimum atomic E-state index is 0.206. The van der Waals surface area contributed by atoms with Gasteiger partial charge in [-0.05, 0) is 32.4 Å². The van der Waals surface area contributed by atoms with Crippen LogP contribution in [0.4, 0.5) is 0 Å². The van der Waals surface area contributed by atoms with Crippen molar-refractivity contribution >= 4 is 5.78 Å². The van der Waals surface area contributed by atoms with Crippen LogP contribution in [0.2, 0.25) is 0 Å². The van der Waals surface area contributed by atoms with Gasteiger partial charge in [0, 0.05) is 24.9 Å². The molecular weight excluding hydrogens is 202 g/mol. The number of carbonyl (C=O) groups is 1. The molecule has 0 radical (unpaired) electrons. The van der Waals surface area contributed by atoms with Gasteiger partial charge in [0.1, 0.15) is 11.6 Å². The number of hydrogen-bond donors (Lipinski definition) is 0. The molecule has 2 rings (SSSR count). The maximum Gasteiger partial charge on any atom is 0.142 e. The first-order valence-corrected chi connectivity index (χ1v) is 5.74. The maximum absolute atomic E-state index is 11.3. The van der Waals surface area contributed by atoms with Crippen molar-refractivity contribution in [2.75, 3.05) is 13.1 Å². The van der Waals surface area contributed by atoms with Crippen molar-refractivity contribution in [2.45, 2.75) is 26.3 Å². The molecule has 0 aliphatic carbocycles. The zero-order chi connectivity index (χ0) is 11.4. The number of hydrogen-bond acceptors (Lipinski definition) is 4. The molecule has 0 bridgehead atoms. The Morgan fingerprint density at radius 2 is 2.25 bits per heavy atom. The van der Waals surface area contributed by atoms with E-state index < -0.39 is 0 Å². The second-order valence-corrected chi connectivity index (χ2v) is 4.35. The Kier molecular flexibility index (Phi) is 3.62. The van der Waals surface area contributed by atoms with Gasteiger partial charge in [0.25, 0.3) is 0 Å². The summed E-state index contributed by atoms with van der Waals surface area (Å²) in [5, 5.41) is 0. The highest BCUT2D eigenvalue weighted by Gasteiger charge is 2.23. The normalized spacial score (nSPS) is 21.9. The van der Waals surface area contributed by atoms with Crippen molar-refractivity contribution in [1.82, 2.24) is 14.9 Å². The van der Waals surface area contributed by atoms with Gasteiger partial charge < -0.3 is 0 Å². The SMILES string of the molecule is CC(=O)C1CCCN(Cc2ncccn2)C1. The van der Waals surface area contributed by atoms with E-state index in [0.29, 0.717) is 5.78 Å². The molecule has 2 heterocycles. The Morgan fingerprint density at radius 1 is 1.50 bits per heavy atom. The van der Waals surface area contributed by atoms with E-state index in [-0.39, 0.29) is 5.92 Å². The summed E-state index contributed by atoms with van der Waals surface area (Å²) in [5.74, 6) is 1.35. The predicted octanol–water partition coefficient (Wildman–Crippen LogP) is 1.28. The van der Waals surface area contributed by atoms with Gasteiger partial charge in [0.2, 0.25) is 0 Å². The van der Waals surface area contributed by atoms with Crippen LogP contribution >= 0.6 is 0 Å². The Morgan fingerprint density at radius 3 is 2.94 bits per heavy atom. The number of ketones is 1. The standard InChI is InChI=1S/C12H17N3O/c1-10(16)11-4-2-7-15(8-11)9-12-13-5-3-6-14-12/h3,5-6,11H,2,4,7-9H2,1H3. The minimum Gasteiger partial charge on any atom is -0.300 e. The fraction of sp³-hybridized carbons (Fsp3) is 0.583. The highest BCUT2D eigenvalue weighted by molar-refractivity contribution is 5.78. The quantitative estimate of drug-likeness (QED) is 0.768. The lowest BCUT2D eigenvalue weighted by molar-refractivity contribution is -0.122. The van der Waals surface area contributed by atoms with Crippen molar-refractivity contribution in [3.05, 3.63) is 24.3 Å². The Hall–Kier alpha value is -1.29. The van der Waals surface area contributed by atoms with Gasteiger partial charge in [-0.2, -0.15) is 0 Å². The zero-order valence-electron chi connectivity index (χ0n) is 9.59. The fourth-order valence-corrected chi connectivity index (χ4v) is 2.14. The van der Waals surface area contributed by atoms with E-state index in [2.05, 4.69) is 14.9 Å². The summed E-state index contributed by atoms with van der Waals surface area (Å²) in [6, 6.07) is 1.82. The van der Waals surface area contributed by atoms with Gasteiger partial charge >= 0.3 is 0 Å². The van der Waals surface area contributed by atoms with Crippen molar-refractivity contribution in [1.29, 1.82) is 0 Å². The number of nitrogens with zero attached hydrogens (tertiary/aromatic N) is 3. The monoisotopic (exact) mass is 219 g/mol. The number of Topliss-reactive ketones (excluding diaryl/α,β-unsaturated/α-hetero) is 1. The lowest BCUT2D eigenvalue weighted by Gasteiger charge is -2.30. The van der Waals surface area contributed by atoms with E-state index in [9.17, 15) is 4.79 Å². The van der Waals surface area contributed by atoms with Gasteiger partial charge in [-0.3, -0.25) is 9.69 Å². The van der Waals surface area contributed by atoms with E-state index in [1.807, 2.05) is 6.07 Å². The van der Waals surface area contributed by atoms with Crippen molar-refractivity contribution in [3.8, 4) is 0 Å². The van der Waals surface area contributed by atoms with Crippen LogP contribution in [0.15, 0.2) is 18.5 Å². The van der Waals surface area contributed by atoms with Crippen LogP contribution in [0.3, 0.4) is 0 Å². The number of carbonyl (C=O) groups excluding carboxylic acids is 1. The van der Waals surface area contributed by atoms with E-state index in [1.165, 1.54) is 0 Å². The molecule has 1 aliphatic rings. The molecular formula is C12H17N3O. The summed E-state index contributed by atoms with van der Waals surface area (Å²) in [4.78, 5) is 22.0. The molecule has 1 saturated heterocycles. The molecule has 4 heteroatoms. The second-order valence-electron chi connectivity index (χ2n) is 4.35. The summed E-state index contributed by atoms with van der Waals surface area (Å²) in [6.07, 6.45) is 5.64. The Labute approximate surface area is 95.7 Å². The molecule has 1 atom stereocenters.